The monoisotopic (exact) mass is 222 g/mol. The molecule has 88 valence electrons. The lowest BCUT2D eigenvalue weighted by atomic mass is 10.0. The Morgan fingerprint density at radius 1 is 1.38 bits per heavy atom. The Hall–Kier alpha value is -0.930. The predicted molar refractivity (Wildman–Crippen MR) is 63.4 cm³/mol. The number of halogens is 1. The molecule has 0 bridgehead atoms. The van der Waals surface area contributed by atoms with Gasteiger partial charge in [-0.25, -0.2) is 4.39 Å². The van der Waals surface area contributed by atoms with Crippen molar-refractivity contribution < 1.29 is 4.39 Å². The Labute approximate surface area is 96.0 Å². The summed E-state index contributed by atoms with van der Waals surface area (Å²) in [5.41, 5.74) is 6.72. The lowest BCUT2D eigenvalue weighted by Gasteiger charge is -2.19. The maximum absolute atomic E-state index is 13.0. The molecule has 0 aliphatic heterocycles. The van der Waals surface area contributed by atoms with Crippen LogP contribution in [0, 0.1) is 11.7 Å². The van der Waals surface area contributed by atoms with Crippen LogP contribution in [-0.4, -0.2) is 12.6 Å². The van der Waals surface area contributed by atoms with E-state index in [1.807, 2.05) is 6.07 Å². The van der Waals surface area contributed by atoms with Crippen molar-refractivity contribution in [3.63, 3.8) is 0 Å². The highest BCUT2D eigenvalue weighted by molar-refractivity contribution is 5.16. The van der Waals surface area contributed by atoms with Gasteiger partial charge in [0.2, 0.25) is 0 Å². The summed E-state index contributed by atoms with van der Waals surface area (Å²) in [7, 11) is 0. The molecule has 1 aromatic rings. The van der Waals surface area contributed by atoms with Crippen LogP contribution in [0.2, 0.25) is 0 Å². The Kier molecular flexibility index (Phi) is 3.91. The highest BCUT2D eigenvalue weighted by Crippen LogP contribution is 2.24. The molecule has 2 unspecified atom stereocenters. The van der Waals surface area contributed by atoms with Gasteiger partial charge in [0.15, 0.2) is 0 Å². The minimum absolute atomic E-state index is 0.166. The standard InChI is InChI=1S/C13H19FN2/c14-12-5-1-3-10(7-12)9-16-13-6-2-4-11(13)8-15/h1,3,5,7,11,13,16H,2,4,6,8-9,15H2. The molecule has 3 N–H and O–H groups in total. The fourth-order valence-electron chi connectivity index (χ4n) is 2.48. The molecule has 3 heteroatoms. The van der Waals surface area contributed by atoms with Crippen LogP contribution in [-0.2, 0) is 6.54 Å². The van der Waals surface area contributed by atoms with Gasteiger partial charge in [-0.3, -0.25) is 0 Å². The summed E-state index contributed by atoms with van der Waals surface area (Å²) in [6, 6.07) is 7.26. The van der Waals surface area contributed by atoms with E-state index < -0.39 is 0 Å². The minimum atomic E-state index is -0.166. The molecule has 0 spiro atoms. The van der Waals surface area contributed by atoms with Gasteiger partial charge in [-0.05, 0) is 43.0 Å². The van der Waals surface area contributed by atoms with Crippen LogP contribution in [0.3, 0.4) is 0 Å². The SMILES string of the molecule is NCC1CCCC1NCc1cccc(F)c1. The normalized spacial score (nSPS) is 24.9. The molecule has 0 aromatic heterocycles. The van der Waals surface area contributed by atoms with Gasteiger partial charge in [-0.1, -0.05) is 18.6 Å². The highest BCUT2D eigenvalue weighted by atomic mass is 19.1. The molecule has 2 rings (SSSR count). The maximum atomic E-state index is 13.0. The van der Waals surface area contributed by atoms with Crippen molar-refractivity contribution in [1.29, 1.82) is 0 Å². The molecule has 1 aliphatic rings. The third kappa shape index (κ3) is 2.80. The summed E-state index contributed by atoms with van der Waals surface area (Å²) >= 11 is 0. The predicted octanol–water partition coefficient (Wildman–Crippen LogP) is 2.04. The van der Waals surface area contributed by atoms with E-state index in [9.17, 15) is 4.39 Å². The summed E-state index contributed by atoms with van der Waals surface area (Å²) in [6.45, 7) is 1.49. The zero-order valence-electron chi connectivity index (χ0n) is 9.45. The fourth-order valence-corrected chi connectivity index (χ4v) is 2.48. The molecule has 1 saturated carbocycles. The van der Waals surface area contributed by atoms with Crippen LogP contribution >= 0.6 is 0 Å². The van der Waals surface area contributed by atoms with Crippen molar-refractivity contribution in [2.24, 2.45) is 11.7 Å². The zero-order chi connectivity index (χ0) is 11.4. The molecule has 1 aliphatic carbocycles. The summed E-state index contributed by atoms with van der Waals surface area (Å²) < 4.78 is 13.0. The quantitative estimate of drug-likeness (QED) is 0.818. The smallest absolute Gasteiger partial charge is 0.123 e. The van der Waals surface area contributed by atoms with E-state index in [2.05, 4.69) is 5.32 Å². The van der Waals surface area contributed by atoms with Crippen LogP contribution in [0.15, 0.2) is 24.3 Å². The fraction of sp³-hybridized carbons (Fsp3) is 0.538. The number of nitrogens with two attached hydrogens (primary N) is 1. The van der Waals surface area contributed by atoms with Crippen LogP contribution in [0.5, 0.6) is 0 Å². The van der Waals surface area contributed by atoms with Crippen molar-refractivity contribution in [2.45, 2.75) is 31.8 Å². The van der Waals surface area contributed by atoms with Gasteiger partial charge in [0, 0.05) is 12.6 Å². The molecular weight excluding hydrogens is 203 g/mol. The van der Waals surface area contributed by atoms with Gasteiger partial charge in [-0.2, -0.15) is 0 Å². The first-order valence-corrected chi connectivity index (χ1v) is 5.97. The Morgan fingerprint density at radius 2 is 2.25 bits per heavy atom. The molecular formula is C13H19FN2. The molecule has 16 heavy (non-hydrogen) atoms. The van der Waals surface area contributed by atoms with E-state index >= 15 is 0 Å². The van der Waals surface area contributed by atoms with Crippen molar-refractivity contribution >= 4 is 0 Å². The second kappa shape index (κ2) is 5.41. The van der Waals surface area contributed by atoms with Crippen molar-refractivity contribution in [3.05, 3.63) is 35.6 Å². The maximum Gasteiger partial charge on any atom is 0.123 e. The molecule has 2 nitrogen and oxygen atoms in total. The summed E-state index contributed by atoms with van der Waals surface area (Å²) in [6.07, 6.45) is 3.66. The number of nitrogens with one attached hydrogen (secondary N) is 1. The van der Waals surface area contributed by atoms with Gasteiger partial charge in [0.1, 0.15) is 5.82 Å². The average Bonchev–Trinajstić information content (AvgIpc) is 2.74. The van der Waals surface area contributed by atoms with Gasteiger partial charge in [-0.15, -0.1) is 0 Å². The highest BCUT2D eigenvalue weighted by Gasteiger charge is 2.25. The Morgan fingerprint density at radius 3 is 3.00 bits per heavy atom. The molecule has 1 fully saturated rings. The molecule has 0 amide bonds. The lowest BCUT2D eigenvalue weighted by molar-refractivity contribution is 0.406. The minimum Gasteiger partial charge on any atom is -0.330 e. The van der Waals surface area contributed by atoms with Gasteiger partial charge in [0.25, 0.3) is 0 Å². The van der Waals surface area contributed by atoms with Gasteiger partial charge < -0.3 is 11.1 Å². The second-order valence-electron chi connectivity index (χ2n) is 4.54. The van der Waals surface area contributed by atoms with E-state index in [4.69, 9.17) is 5.73 Å². The number of hydrogen-bond donors (Lipinski definition) is 2. The zero-order valence-corrected chi connectivity index (χ0v) is 9.45. The van der Waals surface area contributed by atoms with Crippen LogP contribution in [0.4, 0.5) is 4.39 Å². The van der Waals surface area contributed by atoms with Crippen LogP contribution in [0.25, 0.3) is 0 Å². The summed E-state index contributed by atoms with van der Waals surface area (Å²) in [4.78, 5) is 0. The third-order valence-corrected chi connectivity index (χ3v) is 3.42. The van der Waals surface area contributed by atoms with Crippen molar-refractivity contribution in [2.75, 3.05) is 6.54 Å². The lowest BCUT2D eigenvalue weighted by Crippen LogP contribution is -2.35. The third-order valence-electron chi connectivity index (χ3n) is 3.42. The topological polar surface area (TPSA) is 38.0 Å². The summed E-state index contributed by atoms with van der Waals surface area (Å²) in [5.74, 6) is 0.426. The number of benzene rings is 1. The summed E-state index contributed by atoms with van der Waals surface area (Å²) in [5, 5.41) is 3.48. The van der Waals surface area contributed by atoms with E-state index in [1.165, 1.54) is 25.3 Å². The largest absolute Gasteiger partial charge is 0.330 e. The van der Waals surface area contributed by atoms with E-state index in [0.717, 1.165) is 18.7 Å². The van der Waals surface area contributed by atoms with Crippen LogP contribution in [0.1, 0.15) is 24.8 Å². The van der Waals surface area contributed by atoms with E-state index in [-0.39, 0.29) is 5.82 Å². The first kappa shape index (κ1) is 11.6. The molecule has 2 atom stereocenters. The second-order valence-corrected chi connectivity index (χ2v) is 4.54. The van der Waals surface area contributed by atoms with Crippen molar-refractivity contribution in [3.8, 4) is 0 Å². The number of hydrogen-bond acceptors (Lipinski definition) is 2. The molecule has 1 aromatic carbocycles. The Bertz CT molecular complexity index is 340. The Balaban J connectivity index is 1.87. The molecule has 0 saturated heterocycles. The van der Waals surface area contributed by atoms with Crippen molar-refractivity contribution in [1.82, 2.24) is 5.32 Å². The first-order valence-electron chi connectivity index (χ1n) is 5.97. The molecule has 0 heterocycles. The van der Waals surface area contributed by atoms with E-state index in [1.54, 1.807) is 12.1 Å². The number of rotatable bonds is 4. The van der Waals surface area contributed by atoms with Crippen LogP contribution < -0.4 is 11.1 Å². The average molecular weight is 222 g/mol. The first-order chi connectivity index (χ1) is 7.79. The molecule has 0 radical (unpaired) electrons. The van der Waals surface area contributed by atoms with E-state index in [0.29, 0.717) is 12.0 Å². The van der Waals surface area contributed by atoms with Gasteiger partial charge in [0.05, 0.1) is 0 Å². The van der Waals surface area contributed by atoms with Gasteiger partial charge >= 0.3 is 0 Å².